The van der Waals surface area contributed by atoms with Crippen LogP contribution in [-0.4, -0.2) is 20.5 Å². The molecule has 1 amide bonds. The highest BCUT2D eigenvalue weighted by molar-refractivity contribution is 6.04. The second kappa shape index (κ2) is 5.66. The molecular formula is C14H15N3O4. The van der Waals surface area contributed by atoms with Crippen LogP contribution in [0.25, 0.3) is 0 Å². The summed E-state index contributed by atoms with van der Waals surface area (Å²) in [4.78, 5) is 22.2. The number of anilines is 1. The number of phenols is 1. The summed E-state index contributed by atoms with van der Waals surface area (Å²) in [7, 11) is 0. The Labute approximate surface area is 121 Å². The van der Waals surface area contributed by atoms with Crippen molar-refractivity contribution in [2.75, 3.05) is 5.32 Å². The van der Waals surface area contributed by atoms with E-state index < -0.39 is 10.8 Å². The third kappa shape index (κ3) is 3.02. The van der Waals surface area contributed by atoms with Crippen molar-refractivity contribution in [1.82, 2.24) is 4.57 Å². The first kappa shape index (κ1) is 14.6. The summed E-state index contributed by atoms with van der Waals surface area (Å²) in [6, 6.07) is 7.05. The molecule has 0 saturated carbocycles. The van der Waals surface area contributed by atoms with Gasteiger partial charge in [0.1, 0.15) is 11.4 Å². The van der Waals surface area contributed by atoms with Gasteiger partial charge >= 0.3 is 0 Å². The van der Waals surface area contributed by atoms with E-state index in [1.165, 1.54) is 12.1 Å². The summed E-state index contributed by atoms with van der Waals surface area (Å²) < 4.78 is 1.79. The van der Waals surface area contributed by atoms with Gasteiger partial charge in [0.15, 0.2) is 0 Å². The predicted molar refractivity (Wildman–Crippen MR) is 77.5 cm³/mol. The van der Waals surface area contributed by atoms with Crippen LogP contribution >= 0.6 is 0 Å². The molecule has 0 saturated heterocycles. The maximum absolute atomic E-state index is 12.2. The molecule has 1 aromatic heterocycles. The van der Waals surface area contributed by atoms with Gasteiger partial charge < -0.3 is 15.0 Å². The van der Waals surface area contributed by atoms with Gasteiger partial charge in [-0.15, -0.1) is 0 Å². The van der Waals surface area contributed by atoms with Crippen LogP contribution in [0, 0.1) is 10.1 Å². The molecule has 0 spiro atoms. The van der Waals surface area contributed by atoms with Gasteiger partial charge in [0, 0.05) is 18.3 Å². The van der Waals surface area contributed by atoms with Crippen LogP contribution in [0.5, 0.6) is 5.75 Å². The minimum absolute atomic E-state index is 0.117. The first-order valence-corrected chi connectivity index (χ1v) is 6.35. The van der Waals surface area contributed by atoms with E-state index in [-0.39, 0.29) is 23.2 Å². The van der Waals surface area contributed by atoms with Crippen LogP contribution < -0.4 is 5.32 Å². The average Bonchev–Trinajstić information content (AvgIpc) is 2.90. The third-order valence-corrected chi connectivity index (χ3v) is 3.01. The van der Waals surface area contributed by atoms with Crippen molar-refractivity contribution in [2.45, 2.75) is 19.9 Å². The van der Waals surface area contributed by atoms with E-state index in [1.807, 2.05) is 13.8 Å². The van der Waals surface area contributed by atoms with Crippen molar-refractivity contribution >= 4 is 17.3 Å². The molecular weight excluding hydrogens is 274 g/mol. The molecule has 0 aliphatic carbocycles. The lowest BCUT2D eigenvalue weighted by atomic mass is 10.2. The van der Waals surface area contributed by atoms with Crippen molar-refractivity contribution in [3.8, 4) is 5.75 Å². The Hall–Kier alpha value is -2.83. The van der Waals surface area contributed by atoms with Gasteiger partial charge in [-0.25, -0.2) is 0 Å². The molecule has 0 fully saturated rings. The molecule has 2 aromatic rings. The van der Waals surface area contributed by atoms with Gasteiger partial charge in [0.05, 0.1) is 16.7 Å². The third-order valence-electron chi connectivity index (χ3n) is 3.01. The lowest BCUT2D eigenvalue weighted by Gasteiger charge is -2.13. The van der Waals surface area contributed by atoms with Crippen LogP contribution in [0.15, 0.2) is 36.5 Å². The molecule has 0 bridgehead atoms. The van der Waals surface area contributed by atoms with Crippen molar-refractivity contribution in [3.63, 3.8) is 0 Å². The fraction of sp³-hybridized carbons (Fsp3) is 0.214. The fourth-order valence-corrected chi connectivity index (χ4v) is 1.96. The minimum Gasteiger partial charge on any atom is -0.506 e. The Kier molecular flexibility index (Phi) is 3.93. The van der Waals surface area contributed by atoms with Crippen molar-refractivity contribution in [2.24, 2.45) is 0 Å². The Morgan fingerprint density at radius 3 is 2.67 bits per heavy atom. The summed E-state index contributed by atoms with van der Waals surface area (Å²) in [6.07, 6.45) is 1.79. The van der Waals surface area contributed by atoms with E-state index in [9.17, 15) is 20.0 Å². The van der Waals surface area contributed by atoms with E-state index in [2.05, 4.69) is 5.32 Å². The summed E-state index contributed by atoms with van der Waals surface area (Å²) in [5.74, 6) is -0.738. The Bertz CT molecular complexity index is 691. The molecule has 2 rings (SSSR count). The second-order valence-corrected chi connectivity index (χ2v) is 4.81. The lowest BCUT2D eigenvalue weighted by molar-refractivity contribution is -0.384. The molecule has 110 valence electrons. The number of carbonyl (C=O) groups excluding carboxylic acids is 1. The number of carbonyl (C=O) groups is 1. The normalized spacial score (nSPS) is 10.6. The topological polar surface area (TPSA) is 97.4 Å². The molecule has 7 nitrogen and oxygen atoms in total. The Morgan fingerprint density at radius 1 is 1.38 bits per heavy atom. The molecule has 7 heteroatoms. The van der Waals surface area contributed by atoms with Crippen LogP contribution in [0.1, 0.15) is 30.4 Å². The monoisotopic (exact) mass is 289 g/mol. The molecule has 21 heavy (non-hydrogen) atoms. The van der Waals surface area contributed by atoms with Crippen LogP contribution in [0.4, 0.5) is 11.4 Å². The highest BCUT2D eigenvalue weighted by atomic mass is 16.6. The zero-order valence-corrected chi connectivity index (χ0v) is 11.6. The van der Waals surface area contributed by atoms with E-state index in [0.717, 1.165) is 6.07 Å². The number of nitro groups is 1. The van der Waals surface area contributed by atoms with E-state index in [1.54, 1.807) is 22.9 Å². The van der Waals surface area contributed by atoms with Gasteiger partial charge in [0.25, 0.3) is 11.6 Å². The number of phenolic OH excluding ortho intramolecular Hbond substituents is 1. The van der Waals surface area contributed by atoms with Crippen molar-refractivity contribution < 1.29 is 14.8 Å². The van der Waals surface area contributed by atoms with Crippen LogP contribution in [0.2, 0.25) is 0 Å². The number of hydrogen-bond donors (Lipinski definition) is 2. The number of aromatic hydroxyl groups is 1. The first-order chi connectivity index (χ1) is 9.90. The number of nitro benzene ring substituents is 1. The van der Waals surface area contributed by atoms with Gasteiger partial charge in [-0.1, -0.05) is 0 Å². The maximum Gasteiger partial charge on any atom is 0.273 e. The molecule has 0 unspecified atom stereocenters. The second-order valence-electron chi connectivity index (χ2n) is 4.81. The summed E-state index contributed by atoms with van der Waals surface area (Å²) in [6.45, 7) is 3.89. The number of amides is 1. The SMILES string of the molecule is CC(C)n1cccc1C(=O)Nc1ccc([N+](=O)[O-])cc1O. The number of benzene rings is 1. The molecule has 0 atom stereocenters. The van der Waals surface area contributed by atoms with Crippen molar-refractivity contribution in [3.05, 3.63) is 52.3 Å². The Morgan fingerprint density at radius 2 is 2.10 bits per heavy atom. The quantitative estimate of drug-likeness (QED) is 0.513. The van der Waals surface area contributed by atoms with Crippen LogP contribution in [-0.2, 0) is 0 Å². The van der Waals surface area contributed by atoms with E-state index in [4.69, 9.17) is 0 Å². The van der Waals surface area contributed by atoms with E-state index >= 15 is 0 Å². The highest BCUT2D eigenvalue weighted by Crippen LogP contribution is 2.28. The minimum atomic E-state index is -0.616. The zero-order valence-electron chi connectivity index (χ0n) is 11.6. The fourth-order valence-electron chi connectivity index (χ4n) is 1.96. The largest absolute Gasteiger partial charge is 0.506 e. The maximum atomic E-state index is 12.2. The number of aromatic nitrogens is 1. The summed E-state index contributed by atoms with van der Waals surface area (Å²) in [5, 5.41) is 22.9. The van der Waals surface area contributed by atoms with Gasteiger partial charge in [-0.2, -0.15) is 0 Å². The van der Waals surface area contributed by atoms with Gasteiger partial charge in [0.2, 0.25) is 0 Å². The first-order valence-electron chi connectivity index (χ1n) is 6.35. The average molecular weight is 289 g/mol. The van der Waals surface area contributed by atoms with Gasteiger partial charge in [-0.05, 0) is 32.0 Å². The summed E-state index contributed by atoms with van der Waals surface area (Å²) in [5.41, 5.74) is 0.334. The molecule has 2 N–H and O–H groups in total. The smallest absolute Gasteiger partial charge is 0.273 e. The van der Waals surface area contributed by atoms with Crippen molar-refractivity contribution in [1.29, 1.82) is 0 Å². The standard InChI is InChI=1S/C14H15N3O4/c1-9(2)16-7-3-4-12(16)14(19)15-11-6-5-10(17(20)21)8-13(11)18/h3-9,18H,1-2H3,(H,15,19). The molecule has 0 aliphatic rings. The number of nitrogens with one attached hydrogen (secondary N) is 1. The molecule has 1 heterocycles. The van der Waals surface area contributed by atoms with E-state index in [0.29, 0.717) is 5.69 Å². The zero-order chi connectivity index (χ0) is 15.6. The number of nitrogens with zero attached hydrogens (tertiary/aromatic N) is 2. The number of hydrogen-bond acceptors (Lipinski definition) is 4. The van der Waals surface area contributed by atoms with Crippen LogP contribution in [0.3, 0.4) is 0 Å². The number of rotatable bonds is 4. The predicted octanol–water partition coefficient (Wildman–Crippen LogP) is 2.94. The Balaban J connectivity index is 2.24. The van der Waals surface area contributed by atoms with Gasteiger partial charge in [-0.3, -0.25) is 14.9 Å². The lowest BCUT2D eigenvalue weighted by Crippen LogP contribution is -2.17. The molecule has 0 radical (unpaired) electrons. The number of non-ortho nitro benzene ring substituents is 1. The molecule has 0 aliphatic heterocycles. The summed E-state index contributed by atoms with van der Waals surface area (Å²) >= 11 is 0. The molecule has 1 aromatic carbocycles. The highest BCUT2D eigenvalue weighted by Gasteiger charge is 2.16.